The van der Waals surface area contributed by atoms with Crippen molar-refractivity contribution in [2.75, 3.05) is 23.8 Å². The van der Waals surface area contributed by atoms with Crippen molar-refractivity contribution in [3.8, 4) is 11.3 Å². The van der Waals surface area contributed by atoms with Crippen LogP contribution in [-0.2, 0) is 0 Å². The first-order valence-electron chi connectivity index (χ1n) is 8.05. The van der Waals surface area contributed by atoms with E-state index in [1.54, 1.807) is 24.3 Å². The van der Waals surface area contributed by atoms with Gasteiger partial charge in [0.2, 0.25) is 0 Å². The van der Waals surface area contributed by atoms with Gasteiger partial charge in [0.05, 0.1) is 0 Å². The zero-order valence-corrected chi connectivity index (χ0v) is 14.1. The van der Waals surface area contributed by atoms with E-state index in [9.17, 15) is 9.18 Å². The van der Waals surface area contributed by atoms with E-state index < -0.39 is 0 Å². The van der Waals surface area contributed by atoms with E-state index in [0.717, 1.165) is 12.2 Å². The molecule has 0 spiro atoms. The zero-order valence-electron chi connectivity index (χ0n) is 14.1. The molecule has 4 nitrogen and oxygen atoms in total. The summed E-state index contributed by atoms with van der Waals surface area (Å²) in [5.41, 5.74) is 2.43. The van der Waals surface area contributed by atoms with Crippen LogP contribution in [0.25, 0.3) is 11.3 Å². The molecule has 0 bridgehead atoms. The van der Waals surface area contributed by atoms with Crippen molar-refractivity contribution < 1.29 is 13.6 Å². The van der Waals surface area contributed by atoms with Crippen LogP contribution in [0.2, 0.25) is 0 Å². The minimum atomic E-state index is -0.329. The van der Waals surface area contributed by atoms with Crippen LogP contribution < -0.4 is 10.2 Å². The van der Waals surface area contributed by atoms with Gasteiger partial charge >= 0.3 is 0 Å². The molecule has 0 aliphatic carbocycles. The van der Waals surface area contributed by atoms with Crippen LogP contribution in [0, 0.1) is 5.82 Å². The Bertz CT molecular complexity index is 871. The normalized spacial score (nSPS) is 10.5. The fraction of sp³-hybridized carbons (Fsp3) is 0.150. The van der Waals surface area contributed by atoms with Crippen molar-refractivity contribution in [2.45, 2.75) is 6.92 Å². The molecular formula is C20H19FN2O2. The largest absolute Gasteiger partial charge is 0.451 e. The van der Waals surface area contributed by atoms with E-state index >= 15 is 0 Å². The molecule has 0 saturated carbocycles. The fourth-order valence-electron chi connectivity index (χ4n) is 2.43. The second-order valence-corrected chi connectivity index (χ2v) is 5.69. The maximum Gasteiger partial charge on any atom is 0.291 e. The Kier molecular flexibility index (Phi) is 4.84. The zero-order chi connectivity index (χ0) is 17.8. The second-order valence-electron chi connectivity index (χ2n) is 5.69. The predicted molar refractivity (Wildman–Crippen MR) is 97.4 cm³/mol. The van der Waals surface area contributed by atoms with Crippen molar-refractivity contribution in [2.24, 2.45) is 0 Å². The van der Waals surface area contributed by atoms with Gasteiger partial charge in [-0.2, -0.15) is 0 Å². The number of carbonyl (C=O) groups excluding carboxylic acids is 1. The minimum Gasteiger partial charge on any atom is -0.451 e. The highest BCUT2D eigenvalue weighted by molar-refractivity contribution is 6.02. The molecule has 0 atom stereocenters. The van der Waals surface area contributed by atoms with E-state index in [0.29, 0.717) is 17.0 Å². The highest BCUT2D eigenvalue weighted by atomic mass is 19.1. The van der Waals surface area contributed by atoms with Crippen molar-refractivity contribution in [3.63, 3.8) is 0 Å². The molecule has 2 aromatic carbocycles. The van der Waals surface area contributed by atoms with Gasteiger partial charge in [-0.05, 0) is 61.5 Å². The van der Waals surface area contributed by atoms with Gasteiger partial charge in [0, 0.05) is 30.5 Å². The van der Waals surface area contributed by atoms with Crippen LogP contribution in [0.15, 0.2) is 65.1 Å². The molecule has 128 valence electrons. The summed E-state index contributed by atoms with van der Waals surface area (Å²) < 4.78 is 18.6. The molecule has 0 radical (unpaired) electrons. The summed E-state index contributed by atoms with van der Waals surface area (Å²) in [7, 11) is 1.99. The lowest BCUT2D eigenvalue weighted by Crippen LogP contribution is -2.16. The third kappa shape index (κ3) is 3.88. The predicted octanol–water partition coefficient (Wildman–Crippen LogP) is 4.79. The molecule has 0 aliphatic rings. The first-order chi connectivity index (χ1) is 12.1. The molecule has 3 rings (SSSR count). The third-order valence-electron chi connectivity index (χ3n) is 3.98. The molecule has 1 aromatic heterocycles. The van der Waals surface area contributed by atoms with Crippen molar-refractivity contribution >= 4 is 17.3 Å². The van der Waals surface area contributed by atoms with Gasteiger partial charge in [-0.25, -0.2) is 4.39 Å². The molecule has 1 heterocycles. The highest BCUT2D eigenvalue weighted by Gasteiger charge is 2.13. The van der Waals surface area contributed by atoms with Gasteiger partial charge in [-0.15, -0.1) is 0 Å². The van der Waals surface area contributed by atoms with Gasteiger partial charge in [0.1, 0.15) is 11.6 Å². The summed E-state index contributed by atoms with van der Waals surface area (Å²) in [6.45, 7) is 2.93. The number of benzene rings is 2. The monoisotopic (exact) mass is 338 g/mol. The summed E-state index contributed by atoms with van der Waals surface area (Å²) in [6.07, 6.45) is 0. The van der Waals surface area contributed by atoms with E-state index in [1.165, 1.54) is 12.1 Å². The summed E-state index contributed by atoms with van der Waals surface area (Å²) in [4.78, 5) is 14.5. The average Bonchev–Trinajstić information content (AvgIpc) is 3.12. The number of carbonyl (C=O) groups is 1. The van der Waals surface area contributed by atoms with Crippen molar-refractivity contribution in [1.82, 2.24) is 0 Å². The topological polar surface area (TPSA) is 45.5 Å². The number of hydrogen-bond acceptors (Lipinski definition) is 3. The smallest absolute Gasteiger partial charge is 0.291 e. The lowest BCUT2D eigenvalue weighted by Gasteiger charge is -2.17. The first-order valence-corrected chi connectivity index (χ1v) is 8.05. The molecule has 3 aromatic rings. The second kappa shape index (κ2) is 7.21. The summed E-state index contributed by atoms with van der Waals surface area (Å²) >= 11 is 0. The molecule has 0 aliphatic heterocycles. The van der Waals surface area contributed by atoms with Crippen LogP contribution in [0.4, 0.5) is 15.8 Å². The van der Waals surface area contributed by atoms with Crippen LogP contribution in [-0.4, -0.2) is 19.5 Å². The lowest BCUT2D eigenvalue weighted by molar-refractivity contribution is 0.0997. The highest BCUT2D eigenvalue weighted by Crippen LogP contribution is 2.24. The molecule has 0 saturated heterocycles. The number of amides is 1. The molecule has 1 N–H and O–H groups in total. The molecule has 0 fully saturated rings. The van der Waals surface area contributed by atoms with E-state index in [4.69, 9.17) is 4.42 Å². The Morgan fingerprint density at radius 2 is 1.88 bits per heavy atom. The van der Waals surface area contributed by atoms with Gasteiger partial charge in [0.25, 0.3) is 5.91 Å². The summed E-state index contributed by atoms with van der Waals surface area (Å²) in [5, 5.41) is 2.83. The van der Waals surface area contributed by atoms with Crippen LogP contribution in [0.5, 0.6) is 0 Å². The maximum atomic E-state index is 13.0. The van der Waals surface area contributed by atoms with E-state index in [-0.39, 0.29) is 17.5 Å². The quantitative estimate of drug-likeness (QED) is 0.727. The average molecular weight is 338 g/mol. The van der Waals surface area contributed by atoms with Gasteiger partial charge in [-0.3, -0.25) is 4.79 Å². The first kappa shape index (κ1) is 16.8. The number of nitrogens with one attached hydrogen (secondary N) is 1. The van der Waals surface area contributed by atoms with Gasteiger partial charge in [0.15, 0.2) is 5.76 Å². The molecule has 0 unspecified atom stereocenters. The number of halogens is 1. The van der Waals surface area contributed by atoms with Crippen LogP contribution >= 0.6 is 0 Å². The number of furan rings is 1. The minimum absolute atomic E-state index is 0.202. The summed E-state index contributed by atoms with van der Waals surface area (Å²) in [5.74, 6) is 0.0769. The van der Waals surface area contributed by atoms with Gasteiger partial charge in [-0.1, -0.05) is 6.07 Å². The Labute approximate surface area is 145 Å². The number of anilines is 2. The number of rotatable bonds is 5. The molecule has 5 heteroatoms. The Morgan fingerprint density at radius 1 is 1.12 bits per heavy atom. The number of hydrogen-bond donors (Lipinski definition) is 1. The lowest BCUT2D eigenvalue weighted by atomic mass is 10.2. The molecule has 1 amide bonds. The molecule has 25 heavy (non-hydrogen) atoms. The summed E-state index contributed by atoms with van der Waals surface area (Å²) in [6, 6.07) is 16.8. The maximum absolute atomic E-state index is 13.0. The van der Waals surface area contributed by atoms with Crippen LogP contribution in [0.1, 0.15) is 17.5 Å². The molecular weight excluding hydrogens is 319 g/mol. The SMILES string of the molecule is CCN(C)c1cccc(NC(=O)c2ccc(-c3ccc(F)cc3)o2)c1. The standard InChI is InChI=1S/C20H19FN2O2/c1-3-23(2)17-6-4-5-16(13-17)22-20(24)19-12-11-18(25-19)14-7-9-15(21)10-8-14/h4-13H,3H2,1-2H3,(H,22,24). The van der Waals surface area contributed by atoms with Crippen molar-refractivity contribution in [3.05, 3.63) is 72.2 Å². The fourth-order valence-corrected chi connectivity index (χ4v) is 2.43. The van der Waals surface area contributed by atoms with Crippen molar-refractivity contribution in [1.29, 1.82) is 0 Å². The van der Waals surface area contributed by atoms with E-state index in [2.05, 4.69) is 17.1 Å². The van der Waals surface area contributed by atoms with Crippen LogP contribution in [0.3, 0.4) is 0 Å². The Morgan fingerprint density at radius 3 is 2.60 bits per heavy atom. The van der Waals surface area contributed by atoms with E-state index in [1.807, 2.05) is 31.3 Å². The Balaban J connectivity index is 1.75. The third-order valence-corrected chi connectivity index (χ3v) is 3.98. The Hall–Kier alpha value is -3.08. The van der Waals surface area contributed by atoms with Gasteiger partial charge < -0.3 is 14.6 Å². The number of nitrogens with zero attached hydrogens (tertiary/aromatic N) is 1.